The molecule has 11 nitrogen and oxygen atoms in total. The number of carbonyl (C=O) groups is 5. The molecule has 0 spiro atoms. The highest BCUT2D eigenvalue weighted by molar-refractivity contribution is 8.77. The Morgan fingerprint density at radius 2 is 1.95 bits per heavy atom. The minimum atomic E-state index is -0.573. The van der Waals surface area contributed by atoms with E-state index in [1.807, 2.05) is 19.9 Å². The van der Waals surface area contributed by atoms with Crippen LogP contribution in [0.2, 0.25) is 0 Å². The number of fused-ring (bicyclic) bond motifs is 1. The molecular weight excluding hydrogens is 546 g/mol. The smallest absolute Gasteiger partial charge is 0.332 e. The number of benzene rings is 1. The topological polar surface area (TPSA) is 141 Å². The number of hydroxylamine groups is 2. The van der Waals surface area contributed by atoms with Crippen LogP contribution in [0.5, 0.6) is 11.5 Å². The quantitative estimate of drug-likeness (QED) is 0.133. The van der Waals surface area contributed by atoms with E-state index in [2.05, 4.69) is 10.5 Å². The number of carbonyl (C=O) groups excluding carboxylic acids is 5. The Morgan fingerprint density at radius 1 is 1.18 bits per heavy atom. The van der Waals surface area contributed by atoms with E-state index in [1.54, 1.807) is 33.7 Å². The molecule has 1 heterocycles. The van der Waals surface area contributed by atoms with Crippen molar-refractivity contribution in [1.29, 1.82) is 0 Å². The van der Waals surface area contributed by atoms with Crippen LogP contribution in [0, 0.1) is 0 Å². The van der Waals surface area contributed by atoms with Gasteiger partial charge in [0.25, 0.3) is 5.91 Å². The van der Waals surface area contributed by atoms with Gasteiger partial charge in [-0.05, 0) is 32.4 Å². The zero-order chi connectivity index (χ0) is 28.7. The molecule has 0 saturated heterocycles. The van der Waals surface area contributed by atoms with Gasteiger partial charge in [-0.15, -0.1) is 0 Å². The highest BCUT2D eigenvalue weighted by Gasteiger charge is 2.24. The normalized spacial score (nSPS) is 13.6. The molecule has 0 saturated carbocycles. The molecule has 0 radical (unpaired) electrons. The van der Waals surface area contributed by atoms with Gasteiger partial charge in [-0.2, -0.15) is 10.2 Å². The van der Waals surface area contributed by atoms with Crippen LogP contribution in [0.15, 0.2) is 23.3 Å². The summed E-state index contributed by atoms with van der Waals surface area (Å²) < 4.78 is 11.2. The molecule has 0 fully saturated rings. The van der Waals surface area contributed by atoms with Crippen molar-refractivity contribution in [2.24, 2.45) is 5.10 Å². The maximum atomic E-state index is 12.5. The van der Waals surface area contributed by atoms with E-state index in [1.165, 1.54) is 7.05 Å². The van der Waals surface area contributed by atoms with Crippen LogP contribution in [-0.2, 0) is 28.8 Å². The summed E-state index contributed by atoms with van der Waals surface area (Å²) >= 11 is 0. The lowest BCUT2D eigenvalue weighted by Crippen LogP contribution is -2.29. The second kappa shape index (κ2) is 16.8. The summed E-state index contributed by atoms with van der Waals surface area (Å²) in [6, 6.07) is 5.31. The molecule has 2 amide bonds. The predicted molar refractivity (Wildman–Crippen MR) is 150 cm³/mol. The Morgan fingerprint density at radius 3 is 2.69 bits per heavy atom. The van der Waals surface area contributed by atoms with E-state index in [0.29, 0.717) is 55.1 Å². The Kier molecular flexibility index (Phi) is 13.9. The maximum absolute atomic E-state index is 12.5. The third-order valence-electron chi connectivity index (χ3n) is 5.23. The summed E-state index contributed by atoms with van der Waals surface area (Å²) in [6.07, 6.45) is 3.30. The third-order valence-corrected chi connectivity index (χ3v) is 8.55. The first-order chi connectivity index (χ1) is 18.6. The van der Waals surface area contributed by atoms with Crippen LogP contribution in [0.3, 0.4) is 0 Å². The maximum Gasteiger partial charge on any atom is 0.332 e. The fraction of sp³-hybridized carbons (Fsp3) is 0.538. The van der Waals surface area contributed by atoms with Crippen molar-refractivity contribution in [2.75, 3.05) is 26.0 Å². The second-order valence-electron chi connectivity index (χ2n) is 9.16. The molecule has 214 valence electrons. The molecule has 1 aliphatic rings. The van der Waals surface area contributed by atoms with Crippen LogP contribution < -0.4 is 14.9 Å². The van der Waals surface area contributed by atoms with Gasteiger partial charge in [0.05, 0.1) is 25.3 Å². The zero-order valence-corrected chi connectivity index (χ0v) is 24.1. The van der Waals surface area contributed by atoms with E-state index in [9.17, 15) is 24.0 Å². The van der Waals surface area contributed by atoms with Gasteiger partial charge in [0.2, 0.25) is 5.91 Å². The molecule has 1 N–H and O–H groups in total. The van der Waals surface area contributed by atoms with Crippen molar-refractivity contribution >= 4 is 57.7 Å². The van der Waals surface area contributed by atoms with Gasteiger partial charge in [0.15, 0.2) is 0 Å². The minimum Gasteiger partial charge on any atom is -0.493 e. The lowest BCUT2D eigenvalue weighted by Gasteiger charge is -2.22. The summed E-state index contributed by atoms with van der Waals surface area (Å²) in [4.78, 5) is 61.8. The molecule has 0 atom stereocenters. The van der Waals surface area contributed by atoms with Crippen molar-refractivity contribution < 1.29 is 38.3 Å². The average Bonchev–Trinajstić information content (AvgIpc) is 2.90. The first kappa shape index (κ1) is 32.2. The average molecular weight is 582 g/mol. The number of nitrogens with zero attached hydrogens (tertiary/aromatic N) is 2. The van der Waals surface area contributed by atoms with E-state index >= 15 is 0 Å². The summed E-state index contributed by atoms with van der Waals surface area (Å²) in [7, 11) is 4.48. The number of hydrogen-bond acceptors (Lipinski definition) is 11. The summed E-state index contributed by atoms with van der Waals surface area (Å²) in [5.74, 6) is 0.631. The zero-order valence-electron chi connectivity index (χ0n) is 22.4. The predicted octanol–water partition coefficient (Wildman–Crippen LogP) is 3.48. The molecule has 0 aromatic heterocycles. The van der Waals surface area contributed by atoms with Gasteiger partial charge in [-0.1, -0.05) is 21.6 Å². The second-order valence-corrected chi connectivity index (χ2v) is 12.3. The van der Waals surface area contributed by atoms with E-state index in [-0.39, 0.29) is 42.9 Å². The van der Waals surface area contributed by atoms with Crippen LogP contribution >= 0.6 is 21.6 Å². The summed E-state index contributed by atoms with van der Waals surface area (Å²) in [5.41, 5.74) is 4.12. The van der Waals surface area contributed by atoms with Gasteiger partial charge < -0.3 is 23.9 Å². The molecule has 1 aromatic rings. The fourth-order valence-electron chi connectivity index (χ4n) is 3.34. The molecule has 0 unspecified atom stereocenters. The lowest BCUT2D eigenvalue weighted by atomic mass is 10.0. The van der Waals surface area contributed by atoms with Crippen molar-refractivity contribution in [3.05, 3.63) is 23.8 Å². The largest absolute Gasteiger partial charge is 0.493 e. The van der Waals surface area contributed by atoms with Crippen molar-refractivity contribution in [3.8, 4) is 11.5 Å². The van der Waals surface area contributed by atoms with E-state index in [0.717, 1.165) is 16.9 Å². The molecule has 1 aliphatic heterocycles. The molecule has 2 rings (SSSR count). The minimum absolute atomic E-state index is 0.0174. The molecule has 0 aliphatic carbocycles. The van der Waals surface area contributed by atoms with Crippen molar-refractivity contribution in [2.45, 2.75) is 63.5 Å². The van der Waals surface area contributed by atoms with Gasteiger partial charge in [0, 0.05) is 61.3 Å². The number of hydrazone groups is 1. The third kappa shape index (κ3) is 12.1. The fourth-order valence-corrected chi connectivity index (χ4v) is 5.79. The Balaban J connectivity index is 1.81. The molecular formula is C26H35N3O8S2. The number of ether oxygens (including phenoxy) is 2. The highest BCUT2D eigenvalue weighted by Crippen LogP contribution is 2.38. The molecule has 39 heavy (non-hydrogen) atoms. The highest BCUT2D eigenvalue weighted by atomic mass is 33.1. The Labute approximate surface area is 236 Å². The van der Waals surface area contributed by atoms with Gasteiger partial charge in [0.1, 0.15) is 24.1 Å². The SMILES string of the molecule is CN(OC(=O)CCCOc1ccc2c(c1)OCC/C2=N\NC(=O)CC(C)(C)SSCCC=O)C(=O)CCC=O. The number of nitrogens with one attached hydrogen (secondary N) is 1. The Bertz CT molecular complexity index is 1050. The van der Waals surface area contributed by atoms with Crippen LogP contribution in [0.25, 0.3) is 0 Å². The number of aldehydes is 2. The van der Waals surface area contributed by atoms with Crippen LogP contribution in [-0.4, -0.2) is 71.9 Å². The molecule has 1 aromatic carbocycles. The standard InChI is InChI=1S/C26H35N3O8S2/c1-26(2,39-38-16-6-13-31)18-23(32)28-27-21-11-15-36-22-17-19(9-10-20(21)22)35-14-5-8-25(34)37-29(3)24(33)7-4-12-30/h9-10,12-13,17H,4-8,11,14-16,18H2,1-3H3,(H,28,32)/b27-21+. The number of hydrogen-bond donors (Lipinski definition) is 1. The van der Waals surface area contributed by atoms with Crippen molar-refractivity contribution in [1.82, 2.24) is 10.5 Å². The summed E-state index contributed by atoms with van der Waals surface area (Å²) in [6.45, 7) is 4.60. The van der Waals surface area contributed by atoms with E-state index in [4.69, 9.17) is 14.3 Å². The summed E-state index contributed by atoms with van der Waals surface area (Å²) in [5, 5.41) is 5.17. The monoisotopic (exact) mass is 581 g/mol. The van der Waals surface area contributed by atoms with Crippen molar-refractivity contribution in [3.63, 3.8) is 0 Å². The number of amides is 2. The number of rotatable bonds is 16. The van der Waals surface area contributed by atoms with Gasteiger partial charge in [-0.25, -0.2) is 10.2 Å². The van der Waals surface area contributed by atoms with Crippen LogP contribution in [0.4, 0.5) is 0 Å². The Hall–Kier alpha value is -3.06. The van der Waals surface area contributed by atoms with Gasteiger partial charge in [-0.3, -0.25) is 9.59 Å². The lowest BCUT2D eigenvalue weighted by molar-refractivity contribution is -0.192. The van der Waals surface area contributed by atoms with Gasteiger partial charge >= 0.3 is 5.97 Å². The first-order valence-corrected chi connectivity index (χ1v) is 14.9. The van der Waals surface area contributed by atoms with E-state index < -0.39 is 11.9 Å². The molecule has 13 heteroatoms. The molecule has 0 bridgehead atoms. The van der Waals surface area contributed by atoms with Crippen LogP contribution in [0.1, 0.15) is 64.4 Å². The first-order valence-electron chi connectivity index (χ1n) is 12.6.